The van der Waals surface area contributed by atoms with Crippen LogP contribution in [0.5, 0.6) is 17.2 Å². The smallest absolute Gasteiger partial charge is 0.311 e. The number of fused-ring (bicyclic) bond motifs is 1. The van der Waals surface area contributed by atoms with Crippen LogP contribution in [0.3, 0.4) is 0 Å². The Bertz CT molecular complexity index is 1650. The number of anilines is 2. The molecule has 1 heterocycles. The summed E-state index contributed by atoms with van der Waals surface area (Å²) in [7, 11) is 0. The van der Waals surface area contributed by atoms with E-state index in [0.717, 1.165) is 0 Å². The Hall–Kier alpha value is -3.98. The zero-order chi connectivity index (χ0) is 29.8. The monoisotopic (exact) mass is 628 g/mol. The molecule has 5 rings (SSSR count). The Balaban J connectivity index is 1.20. The minimum atomic E-state index is -0.936. The highest BCUT2D eigenvalue weighted by Gasteiger charge is 2.29. The number of amides is 1. The molecule has 1 unspecified atom stereocenters. The largest absolute Gasteiger partial charge is 0.493 e. The molecule has 11 heteroatoms. The van der Waals surface area contributed by atoms with Gasteiger partial charge in [0.2, 0.25) is 0 Å². The number of nitrogens with one attached hydrogen (secondary N) is 2. The van der Waals surface area contributed by atoms with Gasteiger partial charge in [0.15, 0.2) is 0 Å². The van der Waals surface area contributed by atoms with E-state index in [1.807, 2.05) is 0 Å². The summed E-state index contributed by atoms with van der Waals surface area (Å²) in [5, 5.41) is 16.6. The number of hydrogen-bond acceptors (Lipinski definition) is 5. The molecule has 0 fully saturated rings. The predicted molar refractivity (Wildman–Crippen MR) is 161 cm³/mol. The topological polar surface area (TPSA) is 96.9 Å². The highest BCUT2D eigenvalue weighted by Crippen LogP contribution is 2.42. The molecule has 0 saturated heterocycles. The molecule has 4 aromatic carbocycles. The standard InChI is InChI=1S/C31H24Cl3FN2O5/c32-24-7-4-20(14-25(24)33)37-27-8-3-19(35)13-18(27)9-11-36-30(38)17-1-5-21(6-2-17)42-29-16-28-23(15-26(29)34)22(31(39)40)10-12-41-28/h1-8,13-16,22,37H,9-12H2,(H,36,38)(H,39,40). The number of halogens is 4. The maximum Gasteiger partial charge on any atom is 0.311 e. The molecular formula is C31H24Cl3FN2O5. The lowest BCUT2D eigenvalue weighted by molar-refractivity contribution is -0.139. The molecule has 0 bridgehead atoms. The van der Waals surface area contributed by atoms with Crippen molar-refractivity contribution >= 4 is 58.1 Å². The molecule has 42 heavy (non-hydrogen) atoms. The number of ether oxygens (including phenoxy) is 2. The maximum absolute atomic E-state index is 14.0. The fraction of sp³-hybridized carbons (Fsp3) is 0.161. The molecule has 4 aromatic rings. The molecular weight excluding hydrogens is 606 g/mol. The zero-order valence-corrected chi connectivity index (χ0v) is 24.2. The van der Waals surface area contributed by atoms with Crippen LogP contribution in [0.15, 0.2) is 72.8 Å². The van der Waals surface area contributed by atoms with E-state index in [4.69, 9.17) is 44.3 Å². The van der Waals surface area contributed by atoms with Crippen molar-refractivity contribution in [2.75, 3.05) is 18.5 Å². The van der Waals surface area contributed by atoms with Crippen LogP contribution >= 0.6 is 34.8 Å². The van der Waals surface area contributed by atoms with Crippen LogP contribution in [0.4, 0.5) is 15.8 Å². The van der Waals surface area contributed by atoms with Gasteiger partial charge >= 0.3 is 5.97 Å². The zero-order valence-electron chi connectivity index (χ0n) is 21.9. The Labute approximate surface area is 256 Å². The molecule has 0 aromatic heterocycles. The minimum absolute atomic E-state index is 0.248. The van der Waals surface area contributed by atoms with Crippen molar-refractivity contribution in [3.63, 3.8) is 0 Å². The summed E-state index contributed by atoms with van der Waals surface area (Å²) in [6.45, 7) is 0.543. The van der Waals surface area contributed by atoms with Gasteiger partial charge in [0.1, 0.15) is 23.1 Å². The molecule has 1 aliphatic heterocycles. The second-order valence-corrected chi connectivity index (χ2v) is 10.8. The van der Waals surface area contributed by atoms with Gasteiger partial charge in [0.05, 0.1) is 27.6 Å². The van der Waals surface area contributed by atoms with E-state index < -0.39 is 11.9 Å². The number of aliphatic carboxylic acids is 1. The SMILES string of the molecule is O=C(NCCc1cc(F)ccc1Nc1ccc(Cl)c(Cl)c1)c1ccc(Oc2cc3c(cc2Cl)C(C(=O)O)CCO3)cc1. The van der Waals surface area contributed by atoms with Crippen molar-refractivity contribution in [3.05, 3.63) is 110 Å². The van der Waals surface area contributed by atoms with Gasteiger partial charge in [0, 0.05) is 35.1 Å². The second-order valence-electron chi connectivity index (χ2n) is 9.54. The summed E-state index contributed by atoms with van der Waals surface area (Å²) in [5.74, 6) is -1.18. The van der Waals surface area contributed by atoms with Crippen LogP contribution in [0.25, 0.3) is 0 Å². The summed E-state index contributed by atoms with van der Waals surface area (Å²) in [4.78, 5) is 24.3. The number of rotatable bonds is 9. The summed E-state index contributed by atoms with van der Waals surface area (Å²) in [6.07, 6.45) is 0.734. The van der Waals surface area contributed by atoms with Crippen molar-refractivity contribution in [1.29, 1.82) is 0 Å². The van der Waals surface area contributed by atoms with Gasteiger partial charge in [-0.1, -0.05) is 34.8 Å². The van der Waals surface area contributed by atoms with Gasteiger partial charge in [0.25, 0.3) is 5.91 Å². The van der Waals surface area contributed by atoms with Gasteiger partial charge in [-0.3, -0.25) is 9.59 Å². The van der Waals surface area contributed by atoms with Crippen molar-refractivity contribution < 1.29 is 28.6 Å². The molecule has 3 N–H and O–H groups in total. The van der Waals surface area contributed by atoms with Crippen molar-refractivity contribution in [3.8, 4) is 17.2 Å². The summed E-state index contributed by atoms with van der Waals surface area (Å²) in [5.41, 5.74) is 2.95. The van der Waals surface area contributed by atoms with Gasteiger partial charge in [-0.15, -0.1) is 0 Å². The minimum Gasteiger partial charge on any atom is -0.493 e. The number of hydrogen-bond donors (Lipinski definition) is 3. The molecule has 1 atom stereocenters. The Morgan fingerprint density at radius 1 is 0.952 bits per heavy atom. The average Bonchev–Trinajstić information content (AvgIpc) is 2.96. The third-order valence-electron chi connectivity index (χ3n) is 6.69. The van der Waals surface area contributed by atoms with E-state index in [2.05, 4.69) is 10.6 Å². The highest BCUT2D eigenvalue weighted by atomic mass is 35.5. The number of carboxylic acids is 1. The van der Waals surface area contributed by atoms with Crippen molar-refractivity contribution in [1.82, 2.24) is 5.32 Å². The summed E-state index contributed by atoms with van der Waals surface area (Å²) in [6, 6.07) is 19.1. The molecule has 0 aliphatic carbocycles. The van der Waals surface area contributed by atoms with Gasteiger partial charge in [-0.25, -0.2) is 4.39 Å². The van der Waals surface area contributed by atoms with Crippen LogP contribution in [0.1, 0.15) is 33.8 Å². The van der Waals surface area contributed by atoms with E-state index >= 15 is 0 Å². The van der Waals surface area contributed by atoms with E-state index in [-0.39, 0.29) is 29.9 Å². The fourth-order valence-corrected chi connectivity index (χ4v) is 5.07. The number of carboxylic acid groups (broad SMARTS) is 1. The fourth-order valence-electron chi connectivity index (χ4n) is 4.56. The Kier molecular flexibility index (Phi) is 9.06. The molecule has 1 amide bonds. The first-order chi connectivity index (χ1) is 20.2. The van der Waals surface area contributed by atoms with E-state index in [1.165, 1.54) is 12.1 Å². The molecule has 0 saturated carbocycles. The quantitative estimate of drug-likeness (QED) is 0.173. The summed E-state index contributed by atoms with van der Waals surface area (Å²) < 4.78 is 25.5. The van der Waals surface area contributed by atoms with E-state index in [9.17, 15) is 19.1 Å². The first-order valence-corrected chi connectivity index (χ1v) is 14.1. The third kappa shape index (κ3) is 6.90. The lowest BCUT2D eigenvalue weighted by atomic mass is 9.93. The molecule has 0 radical (unpaired) electrons. The lowest BCUT2D eigenvalue weighted by Crippen LogP contribution is -2.25. The second kappa shape index (κ2) is 12.9. The molecule has 0 spiro atoms. The van der Waals surface area contributed by atoms with Gasteiger partial charge in [-0.2, -0.15) is 0 Å². The average molecular weight is 630 g/mol. The first kappa shape index (κ1) is 29.5. The van der Waals surface area contributed by atoms with Crippen molar-refractivity contribution in [2.24, 2.45) is 0 Å². The maximum atomic E-state index is 14.0. The number of carbonyl (C=O) groups excluding carboxylic acids is 1. The lowest BCUT2D eigenvalue weighted by Gasteiger charge is -2.24. The molecule has 216 valence electrons. The van der Waals surface area contributed by atoms with Crippen LogP contribution in [-0.2, 0) is 11.2 Å². The first-order valence-electron chi connectivity index (χ1n) is 12.9. The van der Waals surface area contributed by atoms with Crippen LogP contribution in [0, 0.1) is 5.82 Å². The molecule has 7 nitrogen and oxygen atoms in total. The number of carbonyl (C=O) groups is 2. The van der Waals surface area contributed by atoms with Crippen LogP contribution in [0.2, 0.25) is 15.1 Å². The normalized spacial score (nSPS) is 14.0. The van der Waals surface area contributed by atoms with Crippen LogP contribution in [-0.4, -0.2) is 30.1 Å². The predicted octanol–water partition coefficient (Wildman–Crippen LogP) is 8.25. The number of benzene rings is 4. The highest BCUT2D eigenvalue weighted by molar-refractivity contribution is 6.42. The Morgan fingerprint density at radius 3 is 2.48 bits per heavy atom. The van der Waals surface area contributed by atoms with E-state index in [0.29, 0.717) is 68.2 Å². The van der Waals surface area contributed by atoms with E-state index in [1.54, 1.807) is 60.7 Å². The van der Waals surface area contributed by atoms with Gasteiger partial charge < -0.3 is 25.2 Å². The molecule has 1 aliphatic rings. The third-order valence-corrected chi connectivity index (χ3v) is 7.73. The summed E-state index contributed by atoms with van der Waals surface area (Å²) >= 11 is 18.5. The van der Waals surface area contributed by atoms with Gasteiger partial charge in [-0.05, 0) is 85.1 Å². The van der Waals surface area contributed by atoms with Crippen molar-refractivity contribution in [2.45, 2.75) is 18.8 Å². The Morgan fingerprint density at radius 2 is 1.74 bits per heavy atom. The van der Waals surface area contributed by atoms with Crippen LogP contribution < -0.4 is 20.1 Å².